The van der Waals surface area contributed by atoms with Gasteiger partial charge in [0, 0.05) is 38.2 Å². The highest BCUT2D eigenvalue weighted by Gasteiger charge is 2.39. The number of amides is 2. The zero-order chi connectivity index (χ0) is 20.0. The molecule has 0 spiro atoms. The summed E-state index contributed by atoms with van der Waals surface area (Å²) >= 11 is 0. The third kappa shape index (κ3) is 5.34. The van der Waals surface area contributed by atoms with Crippen LogP contribution in [-0.4, -0.2) is 42.5 Å². The monoisotopic (exact) mass is 386 g/mol. The van der Waals surface area contributed by atoms with Crippen LogP contribution in [0.15, 0.2) is 24.3 Å². The predicted octanol–water partition coefficient (Wildman–Crippen LogP) is 3.91. The molecule has 1 N–H and O–H groups in total. The Kier molecular flexibility index (Phi) is 7.11. The summed E-state index contributed by atoms with van der Waals surface area (Å²) in [5.41, 5.74) is 1.84. The van der Waals surface area contributed by atoms with Crippen LogP contribution >= 0.6 is 0 Å². The van der Waals surface area contributed by atoms with Gasteiger partial charge in [0.1, 0.15) is 0 Å². The summed E-state index contributed by atoms with van der Waals surface area (Å²) < 4.78 is 5.53. The van der Waals surface area contributed by atoms with E-state index in [0.717, 1.165) is 43.2 Å². The van der Waals surface area contributed by atoms with E-state index < -0.39 is 0 Å². The highest BCUT2D eigenvalue weighted by Crippen LogP contribution is 2.41. The summed E-state index contributed by atoms with van der Waals surface area (Å²) in [5.74, 6) is 0.224. The number of carbonyl (C=O) groups is 2. The number of hydrogen-bond acceptors (Lipinski definition) is 3. The van der Waals surface area contributed by atoms with E-state index in [1.54, 1.807) is 0 Å². The van der Waals surface area contributed by atoms with E-state index >= 15 is 0 Å². The molecule has 1 aromatic carbocycles. The molecule has 1 aliphatic heterocycles. The second kappa shape index (κ2) is 9.55. The first kappa shape index (κ1) is 20.8. The average Bonchev–Trinajstić information content (AvgIpc) is 2.97. The minimum absolute atomic E-state index is 0.0888. The lowest BCUT2D eigenvalue weighted by Gasteiger charge is -2.39. The van der Waals surface area contributed by atoms with Gasteiger partial charge >= 0.3 is 0 Å². The molecular formula is C23H34N2O3. The molecule has 0 radical (unpaired) electrons. The van der Waals surface area contributed by atoms with Gasteiger partial charge in [-0.25, -0.2) is 0 Å². The number of fused-ring (bicyclic) bond motifs is 1. The van der Waals surface area contributed by atoms with Crippen LogP contribution in [0.5, 0.6) is 0 Å². The summed E-state index contributed by atoms with van der Waals surface area (Å²) in [6, 6.07) is 7.86. The first-order chi connectivity index (χ1) is 13.5. The van der Waals surface area contributed by atoms with Crippen molar-refractivity contribution >= 4 is 11.8 Å². The standard InChI is InChI=1S/C23H34N2O3/c1-18(2)28-14-8-13-24-21(26)15-23(11-6-3-7-12-23)17-25-16-19-9-4-5-10-20(19)22(25)27/h4-5,9-10,18H,3,6-8,11-17H2,1-2H3,(H,24,26). The van der Waals surface area contributed by atoms with Crippen LogP contribution in [0.3, 0.4) is 0 Å². The molecule has 154 valence electrons. The molecule has 1 saturated carbocycles. The van der Waals surface area contributed by atoms with Crippen LogP contribution < -0.4 is 5.32 Å². The van der Waals surface area contributed by atoms with Crippen LogP contribution in [0, 0.1) is 5.41 Å². The van der Waals surface area contributed by atoms with Crippen molar-refractivity contribution in [3.63, 3.8) is 0 Å². The zero-order valence-electron chi connectivity index (χ0n) is 17.3. The maximum Gasteiger partial charge on any atom is 0.254 e. The molecule has 1 fully saturated rings. The molecule has 1 heterocycles. The third-order valence-corrected chi connectivity index (χ3v) is 5.97. The second-order valence-electron chi connectivity index (χ2n) is 8.68. The quantitative estimate of drug-likeness (QED) is 0.655. The van der Waals surface area contributed by atoms with Crippen molar-refractivity contribution in [3.8, 4) is 0 Å². The molecule has 3 rings (SSSR count). The number of hydrogen-bond donors (Lipinski definition) is 1. The van der Waals surface area contributed by atoms with E-state index in [9.17, 15) is 9.59 Å². The van der Waals surface area contributed by atoms with Gasteiger partial charge in [-0.15, -0.1) is 0 Å². The molecule has 2 aliphatic rings. The molecule has 2 amide bonds. The van der Waals surface area contributed by atoms with E-state index in [-0.39, 0.29) is 23.3 Å². The summed E-state index contributed by atoms with van der Waals surface area (Å²) in [5, 5.41) is 3.06. The fourth-order valence-corrected chi connectivity index (χ4v) is 4.56. The fourth-order valence-electron chi connectivity index (χ4n) is 4.56. The van der Waals surface area contributed by atoms with Crippen LogP contribution in [0.25, 0.3) is 0 Å². The molecule has 0 aromatic heterocycles. The van der Waals surface area contributed by atoms with Crippen LogP contribution in [0.4, 0.5) is 0 Å². The summed E-state index contributed by atoms with van der Waals surface area (Å²) in [7, 11) is 0. The molecule has 1 aromatic rings. The van der Waals surface area contributed by atoms with Crippen molar-refractivity contribution in [2.24, 2.45) is 5.41 Å². The van der Waals surface area contributed by atoms with Crippen molar-refractivity contribution in [1.29, 1.82) is 0 Å². The highest BCUT2D eigenvalue weighted by molar-refractivity contribution is 5.98. The Labute approximate surface area is 168 Å². The van der Waals surface area contributed by atoms with Crippen molar-refractivity contribution in [2.75, 3.05) is 19.7 Å². The van der Waals surface area contributed by atoms with E-state index in [0.29, 0.717) is 32.7 Å². The number of ether oxygens (including phenoxy) is 1. The van der Waals surface area contributed by atoms with Gasteiger partial charge in [-0.05, 0) is 50.2 Å². The SMILES string of the molecule is CC(C)OCCCNC(=O)CC1(CN2Cc3ccccc3C2=O)CCCCC1. The molecule has 0 atom stereocenters. The van der Waals surface area contributed by atoms with Gasteiger partial charge < -0.3 is 15.0 Å². The molecule has 5 heteroatoms. The Morgan fingerprint density at radius 2 is 1.96 bits per heavy atom. The lowest BCUT2D eigenvalue weighted by atomic mass is 9.71. The first-order valence-electron chi connectivity index (χ1n) is 10.7. The molecule has 5 nitrogen and oxygen atoms in total. The number of benzene rings is 1. The summed E-state index contributed by atoms with van der Waals surface area (Å²) in [6.07, 6.45) is 7.13. The van der Waals surface area contributed by atoms with Gasteiger partial charge in [0.05, 0.1) is 6.10 Å². The maximum atomic E-state index is 12.8. The maximum absolute atomic E-state index is 12.8. The minimum Gasteiger partial charge on any atom is -0.379 e. The second-order valence-corrected chi connectivity index (χ2v) is 8.68. The molecule has 0 bridgehead atoms. The van der Waals surface area contributed by atoms with Gasteiger partial charge in [-0.1, -0.05) is 37.5 Å². The zero-order valence-corrected chi connectivity index (χ0v) is 17.3. The van der Waals surface area contributed by atoms with Crippen molar-refractivity contribution < 1.29 is 14.3 Å². The highest BCUT2D eigenvalue weighted by atomic mass is 16.5. The molecule has 28 heavy (non-hydrogen) atoms. The van der Waals surface area contributed by atoms with Gasteiger partial charge in [0.15, 0.2) is 0 Å². The Hall–Kier alpha value is -1.88. The molecule has 0 saturated heterocycles. The molecule has 1 aliphatic carbocycles. The van der Waals surface area contributed by atoms with Crippen molar-refractivity contribution in [1.82, 2.24) is 10.2 Å². The van der Waals surface area contributed by atoms with Crippen LogP contribution in [-0.2, 0) is 16.1 Å². The van der Waals surface area contributed by atoms with E-state index in [2.05, 4.69) is 5.32 Å². The molecule has 0 unspecified atom stereocenters. The number of nitrogens with zero attached hydrogens (tertiary/aromatic N) is 1. The van der Waals surface area contributed by atoms with E-state index in [4.69, 9.17) is 4.74 Å². The van der Waals surface area contributed by atoms with Crippen molar-refractivity contribution in [2.45, 2.75) is 71.4 Å². The number of rotatable bonds is 9. The lowest BCUT2D eigenvalue weighted by molar-refractivity contribution is -0.124. The number of carbonyl (C=O) groups excluding carboxylic acids is 2. The number of nitrogens with one attached hydrogen (secondary N) is 1. The summed E-state index contributed by atoms with van der Waals surface area (Å²) in [6.45, 7) is 6.71. The minimum atomic E-state index is -0.0888. The van der Waals surface area contributed by atoms with Gasteiger partial charge in [0.2, 0.25) is 5.91 Å². The Balaban J connectivity index is 1.56. The fraction of sp³-hybridized carbons (Fsp3) is 0.652. The Morgan fingerprint density at radius 1 is 1.21 bits per heavy atom. The van der Waals surface area contributed by atoms with E-state index in [1.165, 1.54) is 6.42 Å². The smallest absolute Gasteiger partial charge is 0.254 e. The third-order valence-electron chi connectivity index (χ3n) is 5.97. The average molecular weight is 387 g/mol. The van der Waals surface area contributed by atoms with Gasteiger partial charge in [-0.2, -0.15) is 0 Å². The lowest BCUT2D eigenvalue weighted by Crippen LogP contribution is -2.43. The predicted molar refractivity (Wildman–Crippen MR) is 110 cm³/mol. The topological polar surface area (TPSA) is 58.6 Å². The van der Waals surface area contributed by atoms with Crippen molar-refractivity contribution in [3.05, 3.63) is 35.4 Å². The summed E-state index contributed by atoms with van der Waals surface area (Å²) in [4.78, 5) is 27.4. The largest absolute Gasteiger partial charge is 0.379 e. The van der Waals surface area contributed by atoms with Crippen LogP contribution in [0.1, 0.15) is 74.7 Å². The van der Waals surface area contributed by atoms with Gasteiger partial charge in [-0.3, -0.25) is 9.59 Å². The normalized spacial score (nSPS) is 18.4. The van der Waals surface area contributed by atoms with Crippen LogP contribution in [0.2, 0.25) is 0 Å². The van der Waals surface area contributed by atoms with E-state index in [1.807, 2.05) is 43.0 Å². The van der Waals surface area contributed by atoms with Gasteiger partial charge in [0.25, 0.3) is 5.91 Å². The Morgan fingerprint density at radius 3 is 2.68 bits per heavy atom. The Bertz CT molecular complexity index is 680. The first-order valence-corrected chi connectivity index (χ1v) is 10.7. The molecular weight excluding hydrogens is 352 g/mol.